The number of hydrogen-bond acceptors (Lipinski definition) is 3. The van der Waals surface area contributed by atoms with E-state index < -0.39 is 0 Å². The van der Waals surface area contributed by atoms with Crippen LogP contribution in [0.25, 0.3) is 5.69 Å². The molecule has 0 saturated heterocycles. The first-order valence-corrected chi connectivity index (χ1v) is 5.35. The smallest absolute Gasteiger partial charge is 0.294 e. The van der Waals surface area contributed by atoms with Crippen LogP contribution in [-0.2, 0) is 11.3 Å². The van der Waals surface area contributed by atoms with Gasteiger partial charge in [0, 0.05) is 12.1 Å². The van der Waals surface area contributed by atoms with Crippen molar-refractivity contribution < 1.29 is 4.74 Å². The molecule has 0 amide bonds. The Hall–Kier alpha value is -1.72. The number of nitrogens with zero attached hydrogens (tertiary/aromatic N) is 1. The maximum atomic E-state index is 11.9. The predicted octanol–water partition coefficient (Wildman–Crippen LogP) is 1.55. The van der Waals surface area contributed by atoms with Crippen LogP contribution in [0.5, 0.6) is 0 Å². The second-order valence-corrected chi connectivity index (χ2v) is 3.99. The lowest BCUT2D eigenvalue weighted by molar-refractivity contribution is 0.181. The zero-order chi connectivity index (χ0) is 12.4. The number of ether oxygens (including phenoxy) is 1. The minimum Gasteiger partial charge on any atom is -0.393 e. The van der Waals surface area contributed by atoms with Crippen molar-refractivity contribution >= 4 is 17.3 Å². The van der Waals surface area contributed by atoms with Crippen molar-refractivity contribution in [2.24, 2.45) is 0 Å². The number of rotatable bonds is 3. The van der Waals surface area contributed by atoms with Gasteiger partial charge >= 0.3 is 0 Å². The predicted molar refractivity (Wildman–Crippen MR) is 66.5 cm³/mol. The van der Waals surface area contributed by atoms with Gasteiger partial charge in [0.05, 0.1) is 18.0 Å². The average molecular weight is 254 g/mol. The Morgan fingerprint density at radius 3 is 2.65 bits per heavy atom. The SMILES string of the molecule is COCc1[nH]n(-c2ccc(Cl)cc2)c(=O)c1N. The first-order valence-electron chi connectivity index (χ1n) is 4.97. The van der Waals surface area contributed by atoms with Gasteiger partial charge in [0.2, 0.25) is 0 Å². The number of hydrogen-bond donors (Lipinski definition) is 2. The van der Waals surface area contributed by atoms with Gasteiger partial charge in [0.15, 0.2) is 0 Å². The van der Waals surface area contributed by atoms with Crippen LogP contribution in [0.15, 0.2) is 29.1 Å². The van der Waals surface area contributed by atoms with Gasteiger partial charge in [0.25, 0.3) is 5.56 Å². The Labute approximate surface area is 103 Å². The second kappa shape index (κ2) is 4.65. The second-order valence-electron chi connectivity index (χ2n) is 3.55. The summed E-state index contributed by atoms with van der Waals surface area (Å²) in [6, 6.07) is 6.87. The monoisotopic (exact) mass is 253 g/mol. The number of H-pyrrole nitrogens is 1. The number of benzene rings is 1. The third-order valence-electron chi connectivity index (χ3n) is 2.38. The summed E-state index contributed by atoms with van der Waals surface area (Å²) in [5.74, 6) is 0. The minimum atomic E-state index is -0.292. The number of halogens is 1. The molecule has 0 unspecified atom stereocenters. The molecule has 90 valence electrons. The molecule has 0 spiro atoms. The van der Waals surface area contributed by atoms with E-state index in [9.17, 15) is 4.79 Å². The molecule has 1 heterocycles. The maximum Gasteiger partial charge on any atom is 0.294 e. The van der Waals surface area contributed by atoms with E-state index in [0.29, 0.717) is 16.4 Å². The summed E-state index contributed by atoms with van der Waals surface area (Å²) in [4.78, 5) is 11.9. The molecule has 0 fully saturated rings. The van der Waals surface area contributed by atoms with Gasteiger partial charge in [-0.2, -0.15) is 0 Å². The first kappa shape index (κ1) is 11.8. The molecule has 3 N–H and O–H groups in total. The third kappa shape index (κ3) is 2.20. The number of anilines is 1. The molecule has 6 heteroatoms. The molecule has 5 nitrogen and oxygen atoms in total. The Balaban J connectivity index is 2.49. The zero-order valence-electron chi connectivity index (χ0n) is 9.24. The summed E-state index contributed by atoms with van der Waals surface area (Å²) < 4.78 is 6.31. The third-order valence-corrected chi connectivity index (χ3v) is 2.63. The summed E-state index contributed by atoms with van der Waals surface area (Å²) in [6.45, 7) is 0.266. The van der Waals surface area contributed by atoms with E-state index in [1.807, 2.05) is 0 Å². The van der Waals surface area contributed by atoms with Gasteiger partial charge in [-0.25, -0.2) is 4.68 Å². The molecule has 0 aliphatic rings. The van der Waals surface area contributed by atoms with E-state index in [0.717, 1.165) is 0 Å². The van der Waals surface area contributed by atoms with Crippen LogP contribution in [0.1, 0.15) is 5.69 Å². The standard InChI is InChI=1S/C11H12ClN3O2/c1-17-6-9-10(13)11(16)15(14-9)8-4-2-7(12)3-5-8/h2-5,14H,6,13H2,1H3. The largest absolute Gasteiger partial charge is 0.393 e. The normalized spacial score (nSPS) is 10.7. The molecular weight excluding hydrogens is 242 g/mol. The molecule has 0 atom stereocenters. The molecule has 2 aromatic rings. The van der Waals surface area contributed by atoms with Crippen molar-refractivity contribution in [1.29, 1.82) is 0 Å². The molecule has 0 bridgehead atoms. The summed E-state index contributed by atoms with van der Waals surface area (Å²) in [5.41, 5.74) is 6.80. The summed E-state index contributed by atoms with van der Waals surface area (Å²) in [6.07, 6.45) is 0. The molecular formula is C11H12ClN3O2. The lowest BCUT2D eigenvalue weighted by Gasteiger charge is -2.01. The van der Waals surface area contributed by atoms with Gasteiger partial charge in [-0.15, -0.1) is 0 Å². The molecule has 1 aromatic carbocycles. The van der Waals surface area contributed by atoms with E-state index in [1.165, 1.54) is 11.8 Å². The van der Waals surface area contributed by atoms with Crippen LogP contribution in [0.2, 0.25) is 5.02 Å². The van der Waals surface area contributed by atoms with Crippen LogP contribution < -0.4 is 11.3 Å². The van der Waals surface area contributed by atoms with Gasteiger partial charge in [-0.1, -0.05) is 11.6 Å². The first-order chi connectivity index (χ1) is 8.13. The van der Waals surface area contributed by atoms with Gasteiger partial charge in [-0.3, -0.25) is 9.89 Å². The van der Waals surface area contributed by atoms with E-state index in [4.69, 9.17) is 22.1 Å². The van der Waals surface area contributed by atoms with E-state index in [1.54, 1.807) is 24.3 Å². The number of nitrogens with one attached hydrogen (secondary N) is 1. The maximum absolute atomic E-state index is 11.9. The van der Waals surface area contributed by atoms with Crippen molar-refractivity contribution in [2.45, 2.75) is 6.61 Å². The van der Waals surface area contributed by atoms with Crippen molar-refractivity contribution in [3.63, 3.8) is 0 Å². The Bertz CT molecular complexity index is 571. The molecule has 0 aliphatic heterocycles. The van der Waals surface area contributed by atoms with Crippen LogP contribution >= 0.6 is 11.6 Å². The minimum absolute atomic E-state index is 0.168. The number of aromatic amines is 1. The molecule has 2 rings (SSSR count). The Morgan fingerprint density at radius 1 is 1.41 bits per heavy atom. The molecule has 0 aliphatic carbocycles. The van der Waals surface area contributed by atoms with Crippen LogP contribution in [0.3, 0.4) is 0 Å². The average Bonchev–Trinajstić information content (AvgIpc) is 2.59. The number of aromatic nitrogens is 2. The highest BCUT2D eigenvalue weighted by atomic mass is 35.5. The zero-order valence-corrected chi connectivity index (χ0v) is 9.99. The van der Waals surface area contributed by atoms with Crippen LogP contribution in [-0.4, -0.2) is 16.9 Å². The number of methoxy groups -OCH3 is 1. The number of nitrogen functional groups attached to an aromatic ring is 1. The molecule has 1 aromatic heterocycles. The van der Waals surface area contributed by atoms with Gasteiger partial charge in [-0.05, 0) is 24.3 Å². The van der Waals surface area contributed by atoms with Crippen molar-refractivity contribution in [1.82, 2.24) is 9.78 Å². The fourth-order valence-corrected chi connectivity index (χ4v) is 1.65. The van der Waals surface area contributed by atoms with Crippen LogP contribution in [0.4, 0.5) is 5.69 Å². The quantitative estimate of drug-likeness (QED) is 0.872. The Morgan fingerprint density at radius 2 is 2.06 bits per heavy atom. The van der Waals surface area contributed by atoms with Crippen molar-refractivity contribution in [3.8, 4) is 5.69 Å². The summed E-state index contributed by atoms with van der Waals surface area (Å²) in [5, 5.41) is 3.51. The Kier molecular flexibility index (Phi) is 3.21. The summed E-state index contributed by atoms with van der Waals surface area (Å²) in [7, 11) is 1.54. The van der Waals surface area contributed by atoms with Crippen LogP contribution in [0, 0.1) is 0 Å². The topological polar surface area (TPSA) is 73.0 Å². The van der Waals surface area contributed by atoms with E-state index in [-0.39, 0.29) is 17.9 Å². The number of nitrogens with two attached hydrogens (primary N) is 1. The van der Waals surface area contributed by atoms with Crippen molar-refractivity contribution in [3.05, 3.63) is 45.3 Å². The van der Waals surface area contributed by atoms with E-state index in [2.05, 4.69) is 5.10 Å². The van der Waals surface area contributed by atoms with Gasteiger partial charge in [0.1, 0.15) is 5.69 Å². The molecule has 0 radical (unpaired) electrons. The van der Waals surface area contributed by atoms with E-state index >= 15 is 0 Å². The lowest BCUT2D eigenvalue weighted by atomic mass is 10.3. The highest BCUT2D eigenvalue weighted by Gasteiger charge is 2.11. The molecule has 17 heavy (non-hydrogen) atoms. The lowest BCUT2D eigenvalue weighted by Crippen LogP contribution is -2.16. The fraction of sp³-hybridized carbons (Fsp3) is 0.182. The van der Waals surface area contributed by atoms with Gasteiger partial charge < -0.3 is 10.5 Å². The highest BCUT2D eigenvalue weighted by molar-refractivity contribution is 6.30. The summed E-state index contributed by atoms with van der Waals surface area (Å²) >= 11 is 5.78. The fourth-order valence-electron chi connectivity index (χ4n) is 1.52. The molecule has 0 saturated carbocycles. The van der Waals surface area contributed by atoms with Crippen molar-refractivity contribution in [2.75, 3.05) is 12.8 Å². The highest BCUT2D eigenvalue weighted by Crippen LogP contribution is 2.13.